The summed E-state index contributed by atoms with van der Waals surface area (Å²) >= 11 is 0. The average molecular weight is 464 g/mol. The second-order valence-electron chi connectivity index (χ2n) is 8.65. The molecule has 33 heavy (non-hydrogen) atoms. The highest BCUT2D eigenvalue weighted by molar-refractivity contribution is 6.09. The molecule has 0 aliphatic carbocycles. The van der Waals surface area contributed by atoms with Gasteiger partial charge in [0.05, 0.1) is 19.0 Å². The Hall–Kier alpha value is -3.63. The Morgan fingerprint density at radius 3 is 2.55 bits per heavy atom. The zero-order valence-corrected chi connectivity index (χ0v) is 19.0. The molecule has 11 heteroatoms. The van der Waals surface area contributed by atoms with Crippen LogP contribution in [0.3, 0.4) is 0 Å². The van der Waals surface area contributed by atoms with E-state index in [-0.39, 0.29) is 36.3 Å². The first-order valence-corrected chi connectivity index (χ1v) is 10.5. The lowest BCUT2D eigenvalue weighted by Crippen LogP contribution is -2.47. The molecular formula is C22H30FN5O5. The number of carbonyl (C=O) groups is 3. The minimum Gasteiger partial charge on any atom is -0.496 e. The van der Waals surface area contributed by atoms with Gasteiger partial charge >= 0.3 is 6.09 Å². The average Bonchev–Trinajstić information content (AvgIpc) is 3.20. The normalized spacial score (nSPS) is 14.5. The van der Waals surface area contributed by atoms with Gasteiger partial charge in [-0.05, 0) is 45.7 Å². The highest BCUT2D eigenvalue weighted by Gasteiger charge is 2.29. The summed E-state index contributed by atoms with van der Waals surface area (Å²) in [5, 5.41) is 11.8. The van der Waals surface area contributed by atoms with Gasteiger partial charge in [0.2, 0.25) is 0 Å². The van der Waals surface area contributed by atoms with E-state index in [0.29, 0.717) is 25.9 Å². The number of carbonyl (C=O) groups excluding carboxylic acids is 3. The van der Waals surface area contributed by atoms with Gasteiger partial charge in [0.15, 0.2) is 0 Å². The van der Waals surface area contributed by atoms with Crippen LogP contribution in [-0.4, -0.2) is 64.8 Å². The number of halogens is 1. The van der Waals surface area contributed by atoms with Crippen molar-refractivity contribution in [1.82, 2.24) is 20.4 Å². The van der Waals surface area contributed by atoms with Gasteiger partial charge in [0, 0.05) is 20.6 Å². The Morgan fingerprint density at radius 2 is 1.91 bits per heavy atom. The molecule has 2 aromatic rings. The molecule has 10 nitrogen and oxygen atoms in total. The molecule has 3 N–H and O–H groups in total. The van der Waals surface area contributed by atoms with E-state index in [1.54, 1.807) is 25.7 Å². The molecule has 0 atom stereocenters. The number of benzene rings is 1. The third-order valence-electron chi connectivity index (χ3n) is 5.02. The number of ether oxygens (including phenoxy) is 2. The van der Waals surface area contributed by atoms with Crippen molar-refractivity contribution in [3.8, 4) is 5.75 Å². The van der Waals surface area contributed by atoms with Crippen LogP contribution in [0.25, 0.3) is 0 Å². The Kier molecular flexibility index (Phi) is 7.19. The van der Waals surface area contributed by atoms with Crippen molar-refractivity contribution in [2.45, 2.75) is 45.3 Å². The van der Waals surface area contributed by atoms with Gasteiger partial charge in [-0.15, -0.1) is 0 Å². The van der Waals surface area contributed by atoms with Crippen LogP contribution in [0, 0.1) is 5.82 Å². The fraction of sp³-hybridized carbons (Fsp3) is 0.455. The maximum Gasteiger partial charge on any atom is 0.410 e. The van der Waals surface area contributed by atoms with Crippen LogP contribution in [0.15, 0.2) is 24.4 Å². The maximum atomic E-state index is 14.2. The molecule has 0 saturated carbocycles. The van der Waals surface area contributed by atoms with E-state index in [4.69, 9.17) is 9.47 Å². The summed E-state index contributed by atoms with van der Waals surface area (Å²) in [4.78, 5) is 39.2. The zero-order chi connectivity index (χ0) is 24.2. The molecule has 0 bridgehead atoms. The number of hydrogen-bond acceptors (Lipinski definition) is 6. The Labute approximate surface area is 192 Å². The van der Waals surface area contributed by atoms with Gasteiger partial charge in [-0.25, -0.2) is 9.18 Å². The third kappa shape index (κ3) is 5.99. The molecule has 3 rings (SSSR count). The van der Waals surface area contributed by atoms with Crippen LogP contribution in [0.1, 0.15) is 55.9 Å². The number of nitrogens with one attached hydrogen (secondary N) is 3. The van der Waals surface area contributed by atoms with Crippen LogP contribution >= 0.6 is 0 Å². The van der Waals surface area contributed by atoms with Crippen molar-refractivity contribution < 1.29 is 29.7 Å². The lowest BCUT2D eigenvalue weighted by Gasteiger charge is -2.33. The topological polar surface area (TPSA) is 126 Å². The number of aromatic nitrogens is 2. The summed E-state index contributed by atoms with van der Waals surface area (Å²) in [7, 11) is 1.33. The predicted octanol–water partition coefficient (Wildman–Crippen LogP) is 3.19. The Bertz CT molecular complexity index is 1030. The quantitative estimate of drug-likeness (QED) is 0.625. The van der Waals surface area contributed by atoms with Crippen molar-refractivity contribution in [2.75, 3.05) is 25.5 Å². The largest absolute Gasteiger partial charge is 0.496 e. The van der Waals surface area contributed by atoms with E-state index in [0.717, 1.165) is 6.07 Å². The number of methoxy groups -OCH3 is 1. The predicted molar refractivity (Wildman–Crippen MR) is 120 cm³/mol. The van der Waals surface area contributed by atoms with E-state index >= 15 is 0 Å². The smallest absolute Gasteiger partial charge is 0.410 e. The molecule has 0 radical (unpaired) electrons. The lowest BCUT2D eigenvalue weighted by atomic mass is 10.1. The second-order valence-corrected chi connectivity index (χ2v) is 8.65. The second kappa shape index (κ2) is 9.88. The molecule has 180 valence electrons. The summed E-state index contributed by atoms with van der Waals surface area (Å²) in [6.45, 7) is 6.31. The first kappa shape index (κ1) is 24.0. The van der Waals surface area contributed by atoms with Crippen LogP contribution < -0.4 is 15.4 Å². The molecular weight excluding hydrogens is 433 g/mol. The van der Waals surface area contributed by atoms with Crippen molar-refractivity contribution in [3.05, 3.63) is 41.5 Å². The lowest BCUT2D eigenvalue weighted by molar-refractivity contribution is 0.0199. The van der Waals surface area contributed by atoms with Crippen molar-refractivity contribution >= 4 is 23.6 Å². The minimum atomic E-state index is -0.772. The van der Waals surface area contributed by atoms with Crippen LogP contribution in [0.5, 0.6) is 5.75 Å². The van der Waals surface area contributed by atoms with Gasteiger partial charge in [-0.1, -0.05) is 6.07 Å². The number of hydrogen-bond donors (Lipinski definition) is 3. The summed E-state index contributed by atoms with van der Waals surface area (Å²) in [5.41, 5.74) is -0.708. The van der Waals surface area contributed by atoms with Crippen LogP contribution in [0.2, 0.25) is 0 Å². The number of nitrogens with zero attached hydrogens (tertiary/aromatic N) is 2. The molecule has 1 aromatic carbocycles. The number of amides is 3. The summed E-state index contributed by atoms with van der Waals surface area (Å²) < 4.78 is 24.6. The highest BCUT2D eigenvalue weighted by Crippen LogP contribution is 2.23. The van der Waals surface area contributed by atoms with Gasteiger partial charge < -0.3 is 25.0 Å². The maximum absolute atomic E-state index is 14.2. The monoisotopic (exact) mass is 463 g/mol. The van der Waals surface area contributed by atoms with Crippen molar-refractivity contribution in [2.24, 2.45) is 0 Å². The molecule has 1 aliphatic rings. The Morgan fingerprint density at radius 1 is 1.21 bits per heavy atom. The molecule has 0 spiro atoms. The van der Waals surface area contributed by atoms with E-state index in [9.17, 15) is 18.8 Å². The van der Waals surface area contributed by atoms with E-state index < -0.39 is 23.2 Å². The van der Waals surface area contributed by atoms with Crippen molar-refractivity contribution in [3.63, 3.8) is 0 Å². The van der Waals surface area contributed by atoms with Gasteiger partial charge in [-0.2, -0.15) is 5.10 Å². The molecule has 0 unspecified atom stereocenters. The molecule has 1 aliphatic heterocycles. The highest BCUT2D eigenvalue weighted by atomic mass is 19.1. The number of rotatable bonds is 5. The SMILES string of the molecule is COc1cccc(F)c1C(=O)Nc1cn[nH]c1C(=O)NC1CCN(C(=O)OC(C)(C)C)CC1.[HH]. The summed E-state index contributed by atoms with van der Waals surface area (Å²) in [5.74, 6) is -1.93. The number of aromatic amines is 1. The van der Waals surface area contributed by atoms with Gasteiger partial charge in [0.1, 0.15) is 28.4 Å². The van der Waals surface area contributed by atoms with Gasteiger partial charge in [-0.3, -0.25) is 14.7 Å². The fourth-order valence-electron chi connectivity index (χ4n) is 3.42. The number of H-pyrrole nitrogens is 1. The number of anilines is 1. The minimum absolute atomic E-state index is 0. The molecule has 3 amide bonds. The summed E-state index contributed by atoms with van der Waals surface area (Å²) in [6.07, 6.45) is 1.99. The van der Waals surface area contributed by atoms with Crippen LogP contribution in [0.4, 0.5) is 14.9 Å². The Balaban J connectivity index is 0.00000408. The number of piperidine rings is 1. The molecule has 2 heterocycles. The third-order valence-corrected chi connectivity index (χ3v) is 5.02. The van der Waals surface area contributed by atoms with Crippen molar-refractivity contribution in [1.29, 1.82) is 0 Å². The van der Waals surface area contributed by atoms with E-state index in [2.05, 4.69) is 20.8 Å². The zero-order valence-electron chi connectivity index (χ0n) is 19.0. The molecule has 1 saturated heterocycles. The molecule has 1 fully saturated rings. The standard InChI is InChI=1S/C22H28FN5O5.H2/c1-22(2,3)33-21(31)28-10-8-13(9-11-28)25-20(30)18-15(12-24-27-18)26-19(29)17-14(23)6-5-7-16(17)32-4;/h5-7,12-13H,8-11H2,1-4H3,(H,24,27)(H,25,30)(H,26,29);1H. The van der Waals surface area contributed by atoms with Crippen LogP contribution in [-0.2, 0) is 4.74 Å². The molecule has 1 aromatic heterocycles. The van der Waals surface area contributed by atoms with Gasteiger partial charge in [0.25, 0.3) is 11.8 Å². The van der Waals surface area contributed by atoms with E-state index in [1.165, 1.54) is 25.4 Å². The first-order valence-electron chi connectivity index (χ1n) is 10.5. The number of likely N-dealkylation sites (tertiary alicyclic amines) is 1. The first-order chi connectivity index (χ1) is 15.6. The van der Waals surface area contributed by atoms with E-state index in [1.807, 2.05) is 0 Å². The summed E-state index contributed by atoms with van der Waals surface area (Å²) in [6, 6.07) is 3.86. The fourth-order valence-corrected chi connectivity index (χ4v) is 3.42.